The summed E-state index contributed by atoms with van der Waals surface area (Å²) in [6.07, 6.45) is 2.33. The molecule has 2 heterocycles. The van der Waals surface area contributed by atoms with Crippen LogP contribution in [0.15, 0.2) is 42.6 Å². The highest BCUT2D eigenvalue weighted by atomic mass is 16.5. The number of carboxylic acids is 1. The van der Waals surface area contributed by atoms with E-state index >= 15 is 0 Å². The average Bonchev–Trinajstić information content (AvgIpc) is 3.14. The Morgan fingerprint density at radius 1 is 1.27 bits per heavy atom. The van der Waals surface area contributed by atoms with Crippen LogP contribution < -0.4 is 4.74 Å². The van der Waals surface area contributed by atoms with Crippen LogP contribution in [0.2, 0.25) is 0 Å². The summed E-state index contributed by atoms with van der Waals surface area (Å²) in [4.78, 5) is 29.2. The zero-order valence-corrected chi connectivity index (χ0v) is 14.4. The first kappa shape index (κ1) is 17.9. The third kappa shape index (κ3) is 4.37. The molecular weight excluding hydrogens is 336 g/mol. The van der Waals surface area contributed by atoms with Gasteiger partial charge in [0.15, 0.2) is 0 Å². The summed E-state index contributed by atoms with van der Waals surface area (Å²) in [7, 11) is 1.69. The van der Waals surface area contributed by atoms with Gasteiger partial charge in [-0.15, -0.1) is 0 Å². The lowest BCUT2D eigenvalue weighted by Crippen LogP contribution is -2.26. The monoisotopic (exact) mass is 356 g/mol. The number of pyridine rings is 1. The van der Waals surface area contributed by atoms with Crippen LogP contribution >= 0.6 is 0 Å². The summed E-state index contributed by atoms with van der Waals surface area (Å²) in [5.41, 5.74) is 1.55. The summed E-state index contributed by atoms with van der Waals surface area (Å²) < 4.78 is 11.0. The number of aromatic nitrogens is 1. The van der Waals surface area contributed by atoms with E-state index in [2.05, 4.69) is 4.98 Å². The fourth-order valence-corrected chi connectivity index (χ4v) is 2.70. The second kappa shape index (κ2) is 7.97. The number of carbonyl (C=O) groups excluding carboxylic acids is 1. The van der Waals surface area contributed by atoms with Crippen molar-refractivity contribution in [1.29, 1.82) is 0 Å². The Kier molecular flexibility index (Phi) is 5.48. The van der Waals surface area contributed by atoms with Gasteiger partial charge >= 0.3 is 5.97 Å². The molecule has 1 aliphatic heterocycles. The van der Waals surface area contributed by atoms with Gasteiger partial charge in [0.25, 0.3) is 5.91 Å². The molecule has 26 heavy (non-hydrogen) atoms. The van der Waals surface area contributed by atoms with Crippen molar-refractivity contribution in [3.05, 3.63) is 59.3 Å². The lowest BCUT2D eigenvalue weighted by molar-refractivity contribution is 0.0695. The highest BCUT2D eigenvalue weighted by Gasteiger charge is 2.19. The van der Waals surface area contributed by atoms with E-state index < -0.39 is 5.97 Å². The minimum Gasteiger partial charge on any atom is -0.478 e. The second-order valence-corrected chi connectivity index (χ2v) is 6.15. The van der Waals surface area contributed by atoms with E-state index in [0.29, 0.717) is 31.2 Å². The first-order valence-electron chi connectivity index (χ1n) is 8.31. The maximum atomic E-state index is 12.6. The molecule has 1 N–H and O–H groups in total. The van der Waals surface area contributed by atoms with Crippen LogP contribution in [-0.2, 0) is 11.3 Å². The molecule has 3 rings (SSSR count). The Labute approximate surface area is 151 Å². The van der Waals surface area contributed by atoms with E-state index in [4.69, 9.17) is 14.6 Å². The van der Waals surface area contributed by atoms with Crippen molar-refractivity contribution in [1.82, 2.24) is 9.88 Å². The van der Waals surface area contributed by atoms with Crippen molar-refractivity contribution in [2.75, 3.05) is 20.3 Å². The fourth-order valence-electron chi connectivity index (χ4n) is 2.70. The van der Waals surface area contributed by atoms with E-state index in [-0.39, 0.29) is 17.6 Å². The van der Waals surface area contributed by atoms with Gasteiger partial charge in [-0.2, -0.15) is 0 Å². The topological polar surface area (TPSA) is 89.0 Å². The molecule has 0 radical (unpaired) electrons. The van der Waals surface area contributed by atoms with Gasteiger partial charge in [-0.05, 0) is 23.8 Å². The number of amides is 1. The van der Waals surface area contributed by atoms with Crippen LogP contribution in [0, 0.1) is 0 Å². The molecule has 136 valence electrons. The van der Waals surface area contributed by atoms with Crippen LogP contribution in [-0.4, -0.2) is 53.2 Å². The van der Waals surface area contributed by atoms with Gasteiger partial charge in [-0.25, -0.2) is 9.78 Å². The Bertz CT molecular complexity index is 785. The SMILES string of the molecule is CN(Cc1ccc(C(=O)O)cc1)C(=O)c1ccnc(OC2CCOC2)c1. The number of hydrogen-bond acceptors (Lipinski definition) is 5. The van der Waals surface area contributed by atoms with Gasteiger partial charge in [0.1, 0.15) is 6.10 Å². The smallest absolute Gasteiger partial charge is 0.335 e. The third-order valence-corrected chi connectivity index (χ3v) is 4.12. The Morgan fingerprint density at radius 3 is 2.69 bits per heavy atom. The van der Waals surface area contributed by atoms with Crippen molar-refractivity contribution in [2.45, 2.75) is 19.1 Å². The molecule has 1 aromatic heterocycles. The Morgan fingerprint density at radius 2 is 2.04 bits per heavy atom. The number of benzene rings is 1. The molecule has 1 unspecified atom stereocenters. The molecule has 1 fully saturated rings. The number of carboxylic acid groups (broad SMARTS) is 1. The van der Waals surface area contributed by atoms with Crippen LogP contribution in [0.5, 0.6) is 5.88 Å². The summed E-state index contributed by atoms with van der Waals surface area (Å²) in [5.74, 6) is -0.731. The summed E-state index contributed by atoms with van der Waals surface area (Å²) in [6.45, 7) is 1.58. The summed E-state index contributed by atoms with van der Waals surface area (Å²) in [6, 6.07) is 9.73. The summed E-state index contributed by atoms with van der Waals surface area (Å²) in [5, 5.41) is 8.93. The Balaban J connectivity index is 1.64. The number of ether oxygens (including phenoxy) is 2. The predicted octanol–water partition coefficient (Wildman–Crippen LogP) is 2.22. The lowest BCUT2D eigenvalue weighted by Gasteiger charge is -2.18. The predicted molar refractivity (Wildman–Crippen MR) is 93.3 cm³/mol. The molecule has 7 nitrogen and oxygen atoms in total. The van der Waals surface area contributed by atoms with Crippen LogP contribution in [0.25, 0.3) is 0 Å². The molecule has 1 saturated heterocycles. The Hall–Kier alpha value is -2.93. The number of aromatic carboxylic acids is 1. The van der Waals surface area contributed by atoms with Crippen molar-refractivity contribution in [3.63, 3.8) is 0 Å². The highest BCUT2D eigenvalue weighted by Crippen LogP contribution is 2.17. The number of carbonyl (C=O) groups is 2. The number of nitrogens with zero attached hydrogens (tertiary/aromatic N) is 2. The maximum Gasteiger partial charge on any atom is 0.335 e. The molecule has 0 spiro atoms. The van der Waals surface area contributed by atoms with E-state index in [1.54, 1.807) is 42.4 Å². The quantitative estimate of drug-likeness (QED) is 0.854. The molecule has 2 aromatic rings. The molecule has 7 heteroatoms. The van der Waals surface area contributed by atoms with E-state index in [1.807, 2.05) is 0 Å². The first-order chi connectivity index (χ1) is 12.5. The van der Waals surface area contributed by atoms with Gasteiger partial charge < -0.3 is 19.5 Å². The van der Waals surface area contributed by atoms with E-state index in [9.17, 15) is 9.59 Å². The molecule has 0 aliphatic carbocycles. The van der Waals surface area contributed by atoms with Crippen molar-refractivity contribution >= 4 is 11.9 Å². The second-order valence-electron chi connectivity index (χ2n) is 6.15. The maximum absolute atomic E-state index is 12.6. The van der Waals surface area contributed by atoms with Gasteiger partial charge in [0.2, 0.25) is 5.88 Å². The van der Waals surface area contributed by atoms with E-state index in [0.717, 1.165) is 12.0 Å². The van der Waals surface area contributed by atoms with Gasteiger partial charge in [-0.1, -0.05) is 12.1 Å². The normalized spacial score (nSPS) is 16.3. The van der Waals surface area contributed by atoms with Crippen molar-refractivity contribution < 1.29 is 24.2 Å². The molecule has 1 aliphatic rings. The van der Waals surface area contributed by atoms with Gasteiger partial charge in [-0.3, -0.25) is 4.79 Å². The zero-order chi connectivity index (χ0) is 18.5. The lowest BCUT2D eigenvalue weighted by atomic mass is 10.1. The average molecular weight is 356 g/mol. The molecule has 1 aromatic carbocycles. The van der Waals surface area contributed by atoms with Crippen LogP contribution in [0.4, 0.5) is 0 Å². The summed E-state index contributed by atoms with van der Waals surface area (Å²) >= 11 is 0. The van der Waals surface area contributed by atoms with Crippen molar-refractivity contribution in [2.24, 2.45) is 0 Å². The first-order valence-corrected chi connectivity index (χ1v) is 8.31. The molecule has 1 atom stereocenters. The van der Waals surface area contributed by atoms with Crippen LogP contribution in [0.1, 0.15) is 32.7 Å². The van der Waals surface area contributed by atoms with Crippen molar-refractivity contribution in [3.8, 4) is 5.88 Å². The zero-order valence-electron chi connectivity index (χ0n) is 14.4. The third-order valence-electron chi connectivity index (χ3n) is 4.12. The van der Waals surface area contributed by atoms with Gasteiger partial charge in [0, 0.05) is 37.8 Å². The van der Waals surface area contributed by atoms with Gasteiger partial charge in [0.05, 0.1) is 18.8 Å². The molecule has 0 bridgehead atoms. The standard InChI is InChI=1S/C19H20N2O5/c1-21(11-13-2-4-14(5-3-13)19(23)24)18(22)15-6-8-20-17(10-15)26-16-7-9-25-12-16/h2-6,8,10,16H,7,9,11-12H2,1H3,(H,23,24). The minimum atomic E-state index is -0.974. The molecular formula is C19H20N2O5. The minimum absolute atomic E-state index is 0.0293. The number of hydrogen-bond donors (Lipinski definition) is 1. The van der Waals surface area contributed by atoms with Crippen LogP contribution in [0.3, 0.4) is 0 Å². The van der Waals surface area contributed by atoms with E-state index in [1.165, 1.54) is 12.1 Å². The molecule has 0 saturated carbocycles. The highest BCUT2D eigenvalue weighted by molar-refractivity contribution is 5.94. The largest absolute Gasteiger partial charge is 0.478 e. The molecule has 1 amide bonds. The fraction of sp³-hybridized carbons (Fsp3) is 0.316. The number of rotatable bonds is 6.